The molecule has 0 unspecified atom stereocenters. The van der Waals surface area contributed by atoms with Crippen LogP contribution in [0.5, 0.6) is 0 Å². The molecule has 1 aliphatic heterocycles. The number of fused-ring (bicyclic) bond motifs is 1. The number of hydrogen-bond acceptors (Lipinski definition) is 1. The molecule has 3 rings (SSSR count). The van der Waals surface area contributed by atoms with E-state index in [0.717, 1.165) is 5.92 Å². The molecule has 0 aromatic heterocycles. The monoisotopic (exact) mass is 201 g/mol. The maximum Gasteiger partial charge on any atom is 0.0236 e. The van der Waals surface area contributed by atoms with Gasteiger partial charge in [0.25, 0.3) is 0 Å². The van der Waals surface area contributed by atoms with Crippen LogP contribution in [0, 0.1) is 5.92 Å². The topological polar surface area (TPSA) is 3.24 Å². The number of nitrogens with zero attached hydrogens (tertiary/aromatic N) is 1. The predicted octanol–water partition coefficient (Wildman–Crippen LogP) is 2.84. The van der Waals surface area contributed by atoms with Crippen LogP contribution in [0.3, 0.4) is 0 Å². The Kier molecular flexibility index (Phi) is 2.49. The Morgan fingerprint density at radius 2 is 1.93 bits per heavy atom. The van der Waals surface area contributed by atoms with Gasteiger partial charge in [0.2, 0.25) is 0 Å². The molecule has 0 spiro atoms. The quantitative estimate of drug-likeness (QED) is 0.711. The SMILES string of the molecule is c1ccc2c(c1)CCN(CC1CCC1)C2. The van der Waals surface area contributed by atoms with Gasteiger partial charge in [-0.2, -0.15) is 0 Å². The molecule has 1 aromatic carbocycles. The van der Waals surface area contributed by atoms with E-state index in [4.69, 9.17) is 0 Å². The summed E-state index contributed by atoms with van der Waals surface area (Å²) in [4.78, 5) is 2.64. The van der Waals surface area contributed by atoms with Crippen LogP contribution in [-0.2, 0) is 13.0 Å². The summed E-state index contributed by atoms with van der Waals surface area (Å²) >= 11 is 0. The lowest BCUT2D eigenvalue weighted by atomic mass is 9.84. The second-order valence-electron chi connectivity index (χ2n) is 5.05. The summed E-state index contributed by atoms with van der Waals surface area (Å²) in [5, 5.41) is 0. The van der Waals surface area contributed by atoms with Gasteiger partial charge >= 0.3 is 0 Å². The molecule has 1 fully saturated rings. The van der Waals surface area contributed by atoms with Gasteiger partial charge in [-0.3, -0.25) is 4.90 Å². The van der Waals surface area contributed by atoms with E-state index in [1.165, 1.54) is 45.3 Å². The normalized spacial score (nSPS) is 22.1. The first-order valence-corrected chi connectivity index (χ1v) is 6.21. The van der Waals surface area contributed by atoms with Crippen LogP contribution in [-0.4, -0.2) is 18.0 Å². The van der Waals surface area contributed by atoms with Gasteiger partial charge < -0.3 is 0 Å². The van der Waals surface area contributed by atoms with E-state index in [0.29, 0.717) is 0 Å². The first-order valence-electron chi connectivity index (χ1n) is 6.21. The Morgan fingerprint density at radius 3 is 2.67 bits per heavy atom. The van der Waals surface area contributed by atoms with Crippen molar-refractivity contribution >= 4 is 0 Å². The minimum Gasteiger partial charge on any atom is -0.298 e. The highest BCUT2D eigenvalue weighted by molar-refractivity contribution is 5.29. The second-order valence-corrected chi connectivity index (χ2v) is 5.05. The first-order chi connectivity index (χ1) is 7.42. The molecule has 80 valence electrons. The lowest BCUT2D eigenvalue weighted by Gasteiger charge is -2.35. The molecule has 15 heavy (non-hydrogen) atoms. The van der Waals surface area contributed by atoms with E-state index in [1.807, 2.05) is 0 Å². The average Bonchev–Trinajstić information content (AvgIpc) is 2.23. The molecule has 1 aromatic rings. The van der Waals surface area contributed by atoms with Crippen molar-refractivity contribution in [3.63, 3.8) is 0 Å². The zero-order valence-corrected chi connectivity index (χ0v) is 9.28. The molecule has 1 saturated carbocycles. The maximum absolute atomic E-state index is 2.64. The molecule has 1 heterocycles. The van der Waals surface area contributed by atoms with Crippen molar-refractivity contribution in [3.8, 4) is 0 Å². The van der Waals surface area contributed by atoms with Crippen LogP contribution in [0.2, 0.25) is 0 Å². The lowest BCUT2D eigenvalue weighted by molar-refractivity contribution is 0.166. The molecule has 0 bridgehead atoms. The van der Waals surface area contributed by atoms with Gasteiger partial charge in [0.1, 0.15) is 0 Å². The smallest absolute Gasteiger partial charge is 0.0236 e. The number of hydrogen-bond donors (Lipinski definition) is 0. The molecule has 0 N–H and O–H groups in total. The minimum absolute atomic E-state index is 1.01. The average molecular weight is 201 g/mol. The Balaban J connectivity index is 1.66. The van der Waals surface area contributed by atoms with E-state index in [1.54, 1.807) is 11.1 Å². The third kappa shape index (κ3) is 1.93. The molecule has 0 saturated heterocycles. The van der Waals surface area contributed by atoms with Crippen LogP contribution in [0.4, 0.5) is 0 Å². The van der Waals surface area contributed by atoms with Crippen molar-refractivity contribution in [2.24, 2.45) is 5.92 Å². The summed E-state index contributed by atoms with van der Waals surface area (Å²) in [6.07, 6.45) is 5.66. The van der Waals surface area contributed by atoms with Gasteiger partial charge in [-0.1, -0.05) is 30.7 Å². The van der Waals surface area contributed by atoms with Crippen LogP contribution in [0.25, 0.3) is 0 Å². The highest BCUT2D eigenvalue weighted by atomic mass is 15.1. The zero-order valence-electron chi connectivity index (χ0n) is 9.28. The predicted molar refractivity (Wildman–Crippen MR) is 62.8 cm³/mol. The second kappa shape index (κ2) is 3.97. The van der Waals surface area contributed by atoms with Gasteiger partial charge in [0.05, 0.1) is 0 Å². The van der Waals surface area contributed by atoms with Gasteiger partial charge in [-0.15, -0.1) is 0 Å². The fourth-order valence-corrected chi connectivity index (χ4v) is 2.75. The van der Waals surface area contributed by atoms with Crippen LogP contribution < -0.4 is 0 Å². The molecule has 1 heteroatoms. The van der Waals surface area contributed by atoms with E-state index in [2.05, 4.69) is 29.2 Å². The molecule has 0 radical (unpaired) electrons. The zero-order chi connectivity index (χ0) is 10.1. The highest BCUT2D eigenvalue weighted by Crippen LogP contribution is 2.29. The fraction of sp³-hybridized carbons (Fsp3) is 0.571. The Hall–Kier alpha value is -0.820. The van der Waals surface area contributed by atoms with E-state index >= 15 is 0 Å². The van der Waals surface area contributed by atoms with Gasteiger partial charge in [-0.25, -0.2) is 0 Å². The van der Waals surface area contributed by atoms with Crippen molar-refractivity contribution in [2.75, 3.05) is 13.1 Å². The van der Waals surface area contributed by atoms with Gasteiger partial charge in [0.15, 0.2) is 0 Å². The molecule has 0 atom stereocenters. The summed E-state index contributed by atoms with van der Waals surface area (Å²) in [5.41, 5.74) is 3.13. The number of benzene rings is 1. The summed E-state index contributed by atoms with van der Waals surface area (Å²) in [5.74, 6) is 1.01. The highest BCUT2D eigenvalue weighted by Gasteiger charge is 2.23. The van der Waals surface area contributed by atoms with Crippen molar-refractivity contribution in [3.05, 3.63) is 35.4 Å². The Morgan fingerprint density at radius 1 is 1.13 bits per heavy atom. The maximum atomic E-state index is 2.64. The molecular weight excluding hydrogens is 182 g/mol. The largest absolute Gasteiger partial charge is 0.298 e. The molecule has 2 aliphatic rings. The molecule has 1 nitrogen and oxygen atoms in total. The summed E-state index contributed by atoms with van der Waals surface area (Å²) in [6.45, 7) is 3.80. The van der Waals surface area contributed by atoms with Crippen LogP contribution in [0.15, 0.2) is 24.3 Å². The summed E-state index contributed by atoms with van der Waals surface area (Å²) in [7, 11) is 0. The van der Waals surface area contributed by atoms with Gasteiger partial charge in [0, 0.05) is 19.6 Å². The third-order valence-corrected chi connectivity index (χ3v) is 3.95. The molecule has 0 amide bonds. The standard InChI is InChI=1S/C14H19N/c1-2-7-14-11-15(9-8-13(14)6-1)10-12-4-3-5-12/h1-2,6-7,12H,3-5,8-11H2. The molecule has 1 aliphatic carbocycles. The number of rotatable bonds is 2. The summed E-state index contributed by atoms with van der Waals surface area (Å²) in [6, 6.07) is 8.92. The third-order valence-electron chi connectivity index (χ3n) is 3.95. The van der Waals surface area contributed by atoms with E-state index in [9.17, 15) is 0 Å². The van der Waals surface area contributed by atoms with Crippen molar-refractivity contribution < 1.29 is 0 Å². The van der Waals surface area contributed by atoms with Crippen LogP contribution >= 0.6 is 0 Å². The van der Waals surface area contributed by atoms with E-state index < -0.39 is 0 Å². The summed E-state index contributed by atoms with van der Waals surface area (Å²) < 4.78 is 0. The molecular formula is C14H19N. The Bertz CT molecular complexity index is 341. The van der Waals surface area contributed by atoms with Crippen molar-refractivity contribution in [1.29, 1.82) is 0 Å². The van der Waals surface area contributed by atoms with Crippen molar-refractivity contribution in [2.45, 2.75) is 32.2 Å². The lowest BCUT2D eigenvalue weighted by Crippen LogP contribution is -2.36. The Labute approximate surface area is 92.1 Å². The van der Waals surface area contributed by atoms with E-state index in [-0.39, 0.29) is 0 Å². The fourth-order valence-electron chi connectivity index (χ4n) is 2.75. The first kappa shape index (κ1) is 9.41. The minimum atomic E-state index is 1.01. The van der Waals surface area contributed by atoms with Gasteiger partial charge in [-0.05, 0) is 36.3 Å². The van der Waals surface area contributed by atoms with Crippen LogP contribution in [0.1, 0.15) is 30.4 Å². The van der Waals surface area contributed by atoms with Crippen molar-refractivity contribution in [1.82, 2.24) is 4.90 Å².